The number of carbonyl (C=O) groups is 1. The first kappa shape index (κ1) is 18.6. The normalized spacial score (nSPS) is 26.6. The third-order valence-corrected chi connectivity index (χ3v) is 5.73. The van der Waals surface area contributed by atoms with E-state index in [0.717, 1.165) is 6.42 Å². The molecular formula is C19H24N6O3. The molecule has 1 aliphatic carbocycles. The molecule has 1 saturated carbocycles. The van der Waals surface area contributed by atoms with E-state index in [1.807, 2.05) is 18.2 Å². The molecule has 3 N–H and O–H groups in total. The number of amides is 1. The molecular weight excluding hydrogens is 360 g/mol. The Morgan fingerprint density at radius 1 is 1.25 bits per heavy atom. The zero-order valence-corrected chi connectivity index (χ0v) is 15.5. The molecule has 28 heavy (non-hydrogen) atoms. The van der Waals surface area contributed by atoms with Crippen LogP contribution in [0.25, 0.3) is 0 Å². The van der Waals surface area contributed by atoms with Gasteiger partial charge in [0.15, 0.2) is 0 Å². The SMILES string of the molecule is O=C(Nc1ccnn1CCc1ccccc1)C1NNC2CCC([N+](=O)[O-])CC21. The first-order valence-corrected chi connectivity index (χ1v) is 9.63. The summed E-state index contributed by atoms with van der Waals surface area (Å²) >= 11 is 0. The second kappa shape index (κ2) is 8.07. The number of nitro groups is 1. The van der Waals surface area contributed by atoms with E-state index in [1.165, 1.54) is 5.56 Å². The van der Waals surface area contributed by atoms with Gasteiger partial charge in [-0.15, -0.1) is 0 Å². The van der Waals surface area contributed by atoms with Crippen molar-refractivity contribution in [2.75, 3.05) is 5.32 Å². The van der Waals surface area contributed by atoms with Gasteiger partial charge < -0.3 is 5.32 Å². The highest BCUT2D eigenvalue weighted by Crippen LogP contribution is 2.32. The quantitative estimate of drug-likeness (QED) is 0.512. The number of hydrogen-bond donors (Lipinski definition) is 3. The Hall–Kier alpha value is -2.78. The minimum atomic E-state index is -0.574. The molecule has 2 heterocycles. The van der Waals surface area contributed by atoms with Crippen LogP contribution >= 0.6 is 0 Å². The second-order valence-electron chi connectivity index (χ2n) is 7.45. The molecule has 148 valence electrons. The first-order chi connectivity index (χ1) is 13.6. The van der Waals surface area contributed by atoms with E-state index in [9.17, 15) is 14.9 Å². The van der Waals surface area contributed by atoms with Gasteiger partial charge in [-0.1, -0.05) is 30.3 Å². The molecule has 9 heteroatoms. The Balaban J connectivity index is 1.39. The summed E-state index contributed by atoms with van der Waals surface area (Å²) in [5.41, 5.74) is 7.37. The third-order valence-electron chi connectivity index (χ3n) is 5.73. The average molecular weight is 384 g/mol. The van der Waals surface area contributed by atoms with Gasteiger partial charge in [0.2, 0.25) is 11.9 Å². The summed E-state index contributed by atoms with van der Waals surface area (Å²) < 4.78 is 1.77. The molecule has 1 aromatic heterocycles. The number of anilines is 1. The number of rotatable bonds is 6. The molecule has 0 radical (unpaired) electrons. The molecule has 4 rings (SSSR count). The lowest BCUT2D eigenvalue weighted by molar-refractivity contribution is -0.528. The predicted molar refractivity (Wildman–Crippen MR) is 103 cm³/mol. The lowest BCUT2D eigenvalue weighted by Gasteiger charge is -2.28. The van der Waals surface area contributed by atoms with Crippen LogP contribution in [0, 0.1) is 16.0 Å². The highest BCUT2D eigenvalue weighted by Gasteiger charge is 2.46. The fourth-order valence-corrected chi connectivity index (χ4v) is 4.19. The van der Waals surface area contributed by atoms with Crippen LogP contribution < -0.4 is 16.2 Å². The lowest BCUT2D eigenvalue weighted by atomic mass is 9.79. The predicted octanol–water partition coefficient (Wildman–Crippen LogP) is 1.35. The van der Waals surface area contributed by atoms with Crippen molar-refractivity contribution in [3.63, 3.8) is 0 Å². The zero-order chi connectivity index (χ0) is 19.5. The van der Waals surface area contributed by atoms with Crippen molar-refractivity contribution in [2.24, 2.45) is 5.92 Å². The van der Waals surface area contributed by atoms with Crippen molar-refractivity contribution in [1.82, 2.24) is 20.6 Å². The van der Waals surface area contributed by atoms with Gasteiger partial charge >= 0.3 is 0 Å². The maximum absolute atomic E-state index is 12.8. The highest BCUT2D eigenvalue weighted by atomic mass is 16.6. The van der Waals surface area contributed by atoms with E-state index < -0.39 is 12.1 Å². The number of nitrogens with one attached hydrogen (secondary N) is 3. The average Bonchev–Trinajstić information content (AvgIpc) is 3.33. The van der Waals surface area contributed by atoms with E-state index in [2.05, 4.69) is 33.4 Å². The highest BCUT2D eigenvalue weighted by molar-refractivity contribution is 5.94. The summed E-state index contributed by atoms with van der Waals surface area (Å²) in [4.78, 5) is 23.8. The van der Waals surface area contributed by atoms with Gasteiger partial charge in [-0.3, -0.25) is 20.3 Å². The number of benzene rings is 1. The molecule has 1 amide bonds. The van der Waals surface area contributed by atoms with Crippen LogP contribution in [0.15, 0.2) is 42.6 Å². The van der Waals surface area contributed by atoms with Crippen molar-refractivity contribution >= 4 is 11.7 Å². The first-order valence-electron chi connectivity index (χ1n) is 9.63. The van der Waals surface area contributed by atoms with Crippen LogP contribution in [0.5, 0.6) is 0 Å². The fraction of sp³-hybridized carbons (Fsp3) is 0.474. The summed E-state index contributed by atoms with van der Waals surface area (Å²) in [5, 5.41) is 18.4. The minimum Gasteiger partial charge on any atom is -0.309 e. The molecule has 4 atom stereocenters. The number of aromatic nitrogens is 2. The number of aryl methyl sites for hydroxylation is 2. The van der Waals surface area contributed by atoms with Gasteiger partial charge in [-0.2, -0.15) is 5.10 Å². The van der Waals surface area contributed by atoms with Gasteiger partial charge in [0.25, 0.3) is 0 Å². The van der Waals surface area contributed by atoms with Gasteiger partial charge in [0.1, 0.15) is 11.9 Å². The third kappa shape index (κ3) is 3.90. The Bertz CT molecular complexity index is 839. The molecule has 2 aliphatic rings. The summed E-state index contributed by atoms with van der Waals surface area (Å²) in [6.45, 7) is 0.651. The van der Waals surface area contributed by atoms with Gasteiger partial charge in [-0.05, 0) is 18.4 Å². The number of nitrogens with zero attached hydrogens (tertiary/aromatic N) is 3. The minimum absolute atomic E-state index is 0.0925. The maximum atomic E-state index is 12.8. The Morgan fingerprint density at radius 3 is 2.86 bits per heavy atom. The van der Waals surface area contributed by atoms with Crippen molar-refractivity contribution < 1.29 is 9.72 Å². The molecule has 9 nitrogen and oxygen atoms in total. The number of carbonyl (C=O) groups excluding carboxylic acids is 1. The summed E-state index contributed by atoms with van der Waals surface area (Å²) in [6.07, 6.45) is 4.12. The van der Waals surface area contributed by atoms with Gasteiger partial charge in [0.05, 0.1) is 6.20 Å². The molecule has 2 fully saturated rings. The van der Waals surface area contributed by atoms with Crippen LogP contribution in [-0.4, -0.2) is 38.7 Å². The molecule has 1 saturated heterocycles. The van der Waals surface area contributed by atoms with E-state index in [0.29, 0.717) is 31.6 Å². The van der Waals surface area contributed by atoms with Crippen LogP contribution in [0.4, 0.5) is 5.82 Å². The van der Waals surface area contributed by atoms with Crippen molar-refractivity contribution in [2.45, 2.75) is 50.4 Å². The molecule has 0 bridgehead atoms. The number of hydrazine groups is 1. The van der Waals surface area contributed by atoms with E-state index in [4.69, 9.17) is 0 Å². The van der Waals surface area contributed by atoms with Crippen LogP contribution in [-0.2, 0) is 17.8 Å². The summed E-state index contributed by atoms with van der Waals surface area (Å²) in [5.74, 6) is 0.350. The zero-order valence-electron chi connectivity index (χ0n) is 15.5. The second-order valence-corrected chi connectivity index (χ2v) is 7.45. The van der Waals surface area contributed by atoms with E-state index in [1.54, 1.807) is 16.9 Å². The Morgan fingerprint density at radius 2 is 2.07 bits per heavy atom. The Labute approximate surface area is 162 Å². The molecule has 1 aliphatic heterocycles. The van der Waals surface area contributed by atoms with Gasteiger partial charge in [-0.25, -0.2) is 10.1 Å². The van der Waals surface area contributed by atoms with Crippen LogP contribution in [0.1, 0.15) is 24.8 Å². The number of hydrogen-bond acceptors (Lipinski definition) is 6. The van der Waals surface area contributed by atoms with E-state index >= 15 is 0 Å². The van der Waals surface area contributed by atoms with Crippen molar-refractivity contribution in [3.8, 4) is 0 Å². The monoisotopic (exact) mass is 384 g/mol. The molecule has 0 spiro atoms. The molecule has 2 aromatic rings. The van der Waals surface area contributed by atoms with Gasteiger partial charge in [0, 0.05) is 42.3 Å². The topological polar surface area (TPSA) is 114 Å². The van der Waals surface area contributed by atoms with Crippen LogP contribution in [0.2, 0.25) is 0 Å². The van der Waals surface area contributed by atoms with Crippen molar-refractivity contribution in [1.29, 1.82) is 0 Å². The number of fused-ring (bicyclic) bond motifs is 1. The molecule has 1 aromatic carbocycles. The largest absolute Gasteiger partial charge is 0.309 e. The summed E-state index contributed by atoms with van der Waals surface area (Å²) in [7, 11) is 0. The Kier molecular flexibility index (Phi) is 5.36. The van der Waals surface area contributed by atoms with Crippen LogP contribution in [0.3, 0.4) is 0 Å². The fourth-order valence-electron chi connectivity index (χ4n) is 4.19. The standard InChI is InChI=1S/C19H24N6O3/c26-19(18-15-12-14(25(27)28)6-7-16(15)22-23-18)21-17-8-10-20-24(17)11-9-13-4-2-1-3-5-13/h1-5,8,10,14-16,18,22-23H,6-7,9,11-12H2,(H,21,26). The lowest BCUT2D eigenvalue weighted by Crippen LogP contribution is -2.44. The maximum Gasteiger partial charge on any atom is 0.244 e. The van der Waals surface area contributed by atoms with Crippen molar-refractivity contribution in [3.05, 3.63) is 58.3 Å². The molecule has 4 unspecified atom stereocenters. The smallest absolute Gasteiger partial charge is 0.244 e. The van der Waals surface area contributed by atoms with E-state index in [-0.39, 0.29) is 22.8 Å². The summed E-state index contributed by atoms with van der Waals surface area (Å²) in [6, 6.07) is 10.9.